The molecule has 6 heteroatoms. The Hall–Kier alpha value is -1.92. The fourth-order valence-electron chi connectivity index (χ4n) is 9.95. The number of carbonyl (C=O) groups excluding carboxylic acids is 1. The second kappa shape index (κ2) is 9.08. The average Bonchev–Trinajstić information content (AvgIpc) is 3.44. The highest BCUT2D eigenvalue weighted by atomic mass is 16.5. The van der Waals surface area contributed by atoms with Crippen molar-refractivity contribution in [2.75, 3.05) is 20.8 Å². The van der Waals surface area contributed by atoms with Gasteiger partial charge in [-0.25, -0.2) is 0 Å². The van der Waals surface area contributed by atoms with Crippen molar-refractivity contribution in [3.8, 4) is 5.75 Å². The van der Waals surface area contributed by atoms with E-state index in [9.17, 15) is 9.90 Å². The van der Waals surface area contributed by atoms with Gasteiger partial charge in [0.15, 0.2) is 5.78 Å². The predicted octanol–water partition coefficient (Wildman–Crippen LogP) is 5.65. The minimum atomic E-state index is -0.538. The first-order valence-electron chi connectivity index (χ1n) is 14.4. The first-order chi connectivity index (χ1) is 17.7. The lowest BCUT2D eigenvalue weighted by Crippen LogP contribution is -2.58. The van der Waals surface area contributed by atoms with Crippen LogP contribution < -0.4 is 4.74 Å². The van der Waals surface area contributed by atoms with E-state index in [1.807, 2.05) is 43.1 Å². The Labute approximate surface area is 221 Å². The van der Waals surface area contributed by atoms with E-state index in [-0.39, 0.29) is 16.7 Å². The Balaban J connectivity index is 1.23. The summed E-state index contributed by atoms with van der Waals surface area (Å²) in [6.07, 6.45) is 11.6. The lowest BCUT2D eigenvalue weighted by atomic mass is 9.43. The van der Waals surface area contributed by atoms with Crippen molar-refractivity contribution in [3.63, 3.8) is 0 Å². The van der Waals surface area contributed by atoms with Crippen LogP contribution in [0, 0.1) is 40.4 Å². The second-order valence-corrected chi connectivity index (χ2v) is 13.4. The van der Waals surface area contributed by atoms with Crippen molar-refractivity contribution in [2.24, 2.45) is 40.4 Å². The zero-order chi connectivity index (χ0) is 26.0. The third kappa shape index (κ3) is 3.88. The van der Waals surface area contributed by atoms with Gasteiger partial charge in [-0.1, -0.05) is 13.0 Å². The predicted molar refractivity (Wildman–Crippen MR) is 143 cm³/mol. The zero-order valence-electron chi connectivity index (χ0n) is 23.0. The van der Waals surface area contributed by atoms with E-state index >= 15 is 0 Å². The normalized spacial score (nSPS) is 41.2. The molecule has 6 nitrogen and oxygen atoms in total. The molecule has 0 unspecified atom stereocenters. The number of aliphatic hydroxyl groups is 1. The summed E-state index contributed by atoms with van der Waals surface area (Å²) in [6, 6.07) is 5.93. The molecule has 1 heterocycles. The van der Waals surface area contributed by atoms with Crippen LogP contribution >= 0.6 is 0 Å². The molecule has 1 aromatic carbocycles. The number of carbonyl (C=O) groups is 1. The molecule has 202 valence electrons. The van der Waals surface area contributed by atoms with Gasteiger partial charge in [0, 0.05) is 13.0 Å². The zero-order valence-corrected chi connectivity index (χ0v) is 23.0. The van der Waals surface area contributed by atoms with Crippen LogP contribution in [0.4, 0.5) is 0 Å². The van der Waals surface area contributed by atoms with Crippen molar-refractivity contribution in [2.45, 2.75) is 83.8 Å². The monoisotopic (exact) mass is 508 g/mol. The number of Topliss-reactive ketones (excluding diaryl/α,β-unsaturated/α-hetero) is 1. The molecule has 1 aromatic heterocycles. The lowest BCUT2D eigenvalue weighted by Gasteiger charge is -2.62. The highest BCUT2D eigenvalue weighted by molar-refractivity contribution is 5.88. The molecular formula is C31H44N2O4. The molecule has 1 N–H and O–H groups in total. The molecule has 0 radical (unpaired) electrons. The van der Waals surface area contributed by atoms with Crippen LogP contribution in [-0.4, -0.2) is 47.1 Å². The smallest absolute Gasteiger partial charge is 0.157 e. The van der Waals surface area contributed by atoms with Gasteiger partial charge in [0.05, 0.1) is 36.4 Å². The van der Waals surface area contributed by atoms with E-state index in [4.69, 9.17) is 9.47 Å². The molecule has 0 amide bonds. The van der Waals surface area contributed by atoms with Gasteiger partial charge in [-0.2, -0.15) is 5.10 Å². The number of rotatable bonds is 6. The van der Waals surface area contributed by atoms with Crippen molar-refractivity contribution < 1.29 is 19.4 Å². The third-order valence-electron chi connectivity index (χ3n) is 11.6. The SMILES string of the molecule is COC[C@]12CC[C@@](C)(O)C[C@@H]1CC[C@H]1[C@@H]3CC[C@H](C(=O)Cn4ncc5c(OC)cccc54)[C@@]3(C)CC[C@@H]12. The molecule has 0 bridgehead atoms. The number of fused-ring (bicyclic) bond motifs is 6. The quantitative estimate of drug-likeness (QED) is 0.546. The van der Waals surface area contributed by atoms with Crippen LogP contribution in [0.15, 0.2) is 24.4 Å². The van der Waals surface area contributed by atoms with E-state index in [0.29, 0.717) is 36.0 Å². The number of ketones is 1. The van der Waals surface area contributed by atoms with Crippen LogP contribution in [0.5, 0.6) is 5.75 Å². The summed E-state index contributed by atoms with van der Waals surface area (Å²) in [5.74, 6) is 3.71. The molecule has 4 fully saturated rings. The van der Waals surface area contributed by atoms with Crippen molar-refractivity contribution >= 4 is 16.7 Å². The number of nitrogens with zero attached hydrogens (tertiary/aromatic N) is 2. The van der Waals surface area contributed by atoms with Crippen LogP contribution in [0.2, 0.25) is 0 Å². The number of benzene rings is 1. The molecule has 0 saturated heterocycles. The minimum Gasteiger partial charge on any atom is -0.496 e. The Morgan fingerprint density at radius 2 is 1.92 bits per heavy atom. The van der Waals surface area contributed by atoms with E-state index in [1.165, 1.54) is 19.3 Å². The van der Waals surface area contributed by atoms with Crippen molar-refractivity contribution in [1.82, 2.24) is 9.78 Å². The molecule has 0 aliphatic heterocycles. The number of aromatic nitrogens is 2. The molecule has 4 saturated carbocycles. The summed E-state index contributed by atoms with van der Waals surface area (Å²) in [5, 5.41) is 16.4. The summed E-state index contributed by atoms with van der Waals surface area (Å²) < 4.78 is 13.3. The Morgan fingerprint density at radius 1 is 1.08 bits per heavy atom. The molecule has 37 heavy (non-hydrogen) atoms. The average molecular weight is 509 g/mol. The Morgan fingerprint density at radius 3 is 2.70 bits per heavy atom. The maximum Gasteiger partial charge on any atom is 0.157 e. The highest BCUT2D eigenvalue weighted by Crippen LogP contribution is 2.68. The maximum atomic E-state index is 13.9. The summed E-state index contributed by atoms with van der Waals surface area (Å²) in [5.41, 5.74) is 0.684. The summed E-state index contributed by atoms with van der Waals surface area (Å²) in [7, 11) is 3.53. The lowest BCUT2D eigenvalue weighted by molar-refractivity contribution is -0.175. The van der Waals surface area contributed by atoms with Crippen LogP contribution in [0.25, 0.3) is 10.9 Å². The summed E-state index contributed by atoms with van der Waals surface area (Å²) in [4.78, 5) is 13.9. The van der Waals surface area contributed by atoms with Gasteiger partial charge in [0.1, 0.15) is 12.3 Å². The molecule has 8 atom stereocenters. The molecular weight excluding hydrogens is 464 g/mol. The van der Waals surface area contributed by atoms with Crippen LogP contribution in [-0.2, 0) is 16.1 Å². The standard InChI is InChI=1S/C31H44N2O4/c1-29(35)14-15-31(19-36-3)20(16-29)8-9-21-23-10-11-25(30(23,2)13-12-24(21)31)27(34)18-33-26-6-5-7-28(37-4)22(26)17-32-33/h5-7,17,20-21,23-25,35H,8-16,18-19H2,1-4H3/t20-,21-,23-,24-,25+,29+,30-,31+/m0/s1. The van der Waals surface area contributed by atoms with Gasteiger partial charge in [-0.15, -0.1) is 0 Å². The molecule has 4 aliphatic carbocycles. The van der Waals surface area contributed by atoms with Gasteiger partial charge in [-0.3, -0.25) is 9.48 Å². The number of hydrogen-bond donors (Lipinski definition) is 1. The first-order valence-corrected chi connectivity index (χ1v) is 14.4. The van der Waals surface area contributed by atoms with Crippen LogP contribution in [0.3, 0.4) is 0 Å². The minimum absolute atomic E-state index is 0.0696. The topological polar surface area (TPSA) is 73.6 Å². The largest absolute Gasteiger partial charge is 0.496 e. The highest BCUT2D eigenvalue weighted by Gasteiger charge is 2.63. The van der Waals surface area contributed by atoms with E-state index in [0.717, 1.165) is 61.8 Å². The van der Waals surface area contributed by atoms with Gasteiger partial charge in [-0.05, 0) is 111 Å². The first kappa shape index (κ1) is 25.4. The molecule has 0 spiro atoms. The number of ether oxygens (including phenoxy) is 2. The maximum absolute atomic E-state index is 13.9. The fraction of sp³-hybridized carbons (Fsp3) is 0.742. The van der Waals surface area contributed by atoms with Gasteiger partial charge in [0.25, 0.3) is 0 Å². The Kier molecular flexibility index (Phi) is 6.23. The molecule has 4 aliphatic rings. The molecule has 2 aromatic rings. The van der Waals surface area contributed by atoms with Crippen molar-refractivity contribution in [1.29, 1.82) is 0 Å². The number of hydrogen-bond acceptors (Lipinski definition) is 5. The van der Waals surface area contributed by atoms with Crippen molar-refractivity contribution in [3.05, 3.63) is 24.4 Å². The summed E-state index contributed by atoms with van der Waals surface area (Å²) in [6.45, 7) is 5.60. The van der Waals surface area contributed by atoms with E-state index < -0.39 is 5.60 Å². The fourth-order valence-corrected chi connectivity index (χ4v) is 9.95. The number of methoxy groups -OCH3 is 2. The van der Waals surface area contributed by atoms with E-state index in [1.54, 1.807) is 7.11 Å². The van der Waals surface area contributed by atoms with Crippen LogP contribution in [0.1, 0.15) is 71.6 Å². The third-order valence-corrected chi connectivity index (χ3v) is 11.6. The second-order valence-electron chi connectivity index (χ2n) is 13.4. The van der Waals surface area contributed by atoms with Gasteiger partial charge in [0.2, 0.25) is 0 Å². The Bertz CT molecular complexity index is 1170. The van der Waals surface area contributed by atoms with E-state index in [2.05, 4.69) is 12.0 Å². The summed E-state index contributed by atoms with van der Waals surface area (Å²) >= 11 is 0. The molecule has 6 rings (SSSR count). The van der Waals surface area contributed by atoms with Gasteiger partial charge < -0.3 is 14.6 Å². The van der Waals surface area contributed by atoms with Gasteiger partial charge >= 0.3 is 0 Å².